The van der Waals surface area contributed by atoms with Crippen molar-refractivity contribution in [1.29, 1.82) is 0 Å². The minimum atomic E-state index is -3.69. The summed E-state index contributed by atoms with van der Waals surface area (Å²) in [5, 5.41) is 3.16. The highest BCUT2D eigenvalue weighted by atomic mass is 35.5. The number of sulfonamides is 1. The predicted molar refractivity (Wildman–Crippen MR) is 144 cm³/mol. The number of nitrogens with one attached hydrogen (secondary N) is 2. The number of anilines is 2. The number of rotatable bonds is 8. The standard InChI is InChI=1S/C26H20Cl2N2O3S2/c27-19-15-20(28)17-22(16-19)29-26(31)25(18-7-3-1-4-8-18)34-23-13-11-21(12-14-23)30-35(32,33)24-9-5-2-6-10-24/h1-17,25,30H,(H,29,31). The van der Waals surface area contributed by atoms with Crippen molar-refractivity contribution in [2.45, 2.75) is 15.0 Å². The fourth-order valence-corrected chi connectivity index (χ4v) is 5.92. The highest BCUT2D eigenvalue weighted by Crippen LogP contribution is 2.37. The smallest absolute Gasteiger partial charge is 0.261 e. The van der Waals surface area contributed by atoms with Crippen LogP contribution < -0.4 is 10.0 Å². The molecule has 0 aliphatic rings. The van der Waals surface area contributed by atoms with Gasteiger partial charge in [-0.15, -0.1) is 11.8 Å². The van der Waals surface area contributed by atoms with Crippen LogP contribution in [0.2, 0.25) is 10.0 Å². The molecule has 4 aromatic carbocycles. The van der Waals surface area contributed by atoms with Gasteiger partial charge in [0.1, 0.15) is 5.25 Å². The van der Waals surface area contributed by atoms with Gasteiger partial charge in [-0.1, -0.05) is 71.7 Å². The summed E-state index contributed by atoms with van der Waals surface area (Å²) in [6.45, 7) is 0. The van der Waals surface area contributed by atoms with Crippen LogP contribution in [0.4, 0.5) is 11.4 Å². The number of amides is 1. The average molecular weight is 543 g/mol. The van der Waals surface area contributed by atoms with E-state index >= 15 is 0 Å². The maximum Gasteiger partial charge on any atom is 0.261 e. The molecule has 0 aliphatic carbocycles. The average Bonchev–Trinajstić information content (AvgIpc) is 2.84. The van der Waals surface area contributed by atoms with Crippen molar-refractivity contribution < 1.29 is 13.2 Å². The summed E-state index contributed by atoms with van der Waals surface area (Å²) in [5.41, 5.74) is 1.74. The largest absolute Gasteiger partial charge is 0.325 e. The molecule has 4 rings (SSSR count). The highest BCUT2D eigenvalue weighted by molar-refractivity contribution is 8.00. The number of hydrogen-bond donors (Lipinski definition) is 2. The minimum absolute atomic E-state index is 0.181. The van der Waals surface area contributed by atoms with Gasteiger partial charge < -0.3 is 5.32 Å². The Morgan fingerprint density at radius 3 is 1.91 bits per heavy atom. The Labute approximate surface area is 218 Å². The molecule has 5 nitrogen and oxygen atoms in total. The van der Waals surface area contributed by atoms with Crippen molar-refractivity contribution in [3.8, 4) is 0 Å². The third-order valence-corrected chi connectivity index (χ3v) is 7.98. The van der Waals surface area contributed by atoms with E-state index in [0.717, 1.165) is 10.5 Å². The highest BCUT2D eigenvalue weighted by Gasteiger charge is 2.23. The quantitative estimate of drug-likeness (QED) is 0.229. The van der Waals surface area contributed by atoms with Gasteiger partial charge in [-0.05, 0) is 60.2 Å². The second-order valence-corrected chi connectivity index (χ2v) is 11.2. The van der Waals surface area contributed by atoms with Crippen LogP contribution >= 0.6 is 35.0 Å². The number of thioether (sulfide) groups is 1. The molecule has 1 unspecified atom stereocenters. The Morgan fingerprint density at radius 1 is 0.743 bits per heavy atom. The lowest BCUT2D eigenvalue weighted by molar-refractivity contribution is -0.115. The van der Waals surface area contributed by atoms with Crippen LogP contribution in [0.15, 0.2) is 113 Å². The van der Waals surface area contributed by atoms with Crippen LogP contribution in [0.25, 0.3) is 0 Å². The van der Waals surface area contributed by atoms with E-state index in [1.165, 1.54) is 23.9 Å². The molecule has 1 atom stereocenters. The van der Waals surface area contributed by atoms with Gasteiger partial charge in [-0.2, -0.15) is 0 Å². The Kier molecular flexibility index (Phi) is 8.03. The van der Waals surface area contributed by atoms with E-state index in [9.17, 15) is 13.2 Å². The van der Waals surface area contributed by atoms with Gasteiger partial charge >= 0.3 is 0 Å². The van der Waals surface area contributed by atoms with Gasteiger partial charge in [0.15, 0.2) is 0 Å². The molecule has 0 saturated carbocycles. The minimum Gasteiger partial charge on any atom is -0.325 e. The third kappa shape index (κ3) is 6.80. The van der Waals surface area contributed by atoms with Crippen LogP contribution in [0.3, 0.4) is 0 Å². The van der Waals surface area contributed by atoms with Crippen LogP contribution in [-0.2, 0) is 14.8 Å². The molecule has 0 radical (unpaired) electrons. The zero-order valence-corrected chi connectivity index (χ0v) is 21.3. The number of halogens is 2. The summed E-state index contributed by atoms with van der Waals surface area (Å²) in [4.78, 5) is 14.2. The zero-order valence-electron chi connectivity index (χ0n) is 18.2. The number of carbonyl (C=O) groups is 1. The first-order valence-electron chi connectivity index (χ1n) is 10.5. The Hall–Kier alpha value is -2.97. The first kappa shape index (κ1) is 25.1. The monoisotopic (exact) mass is 542 g/mol. The lowest BCUT2D eigenvalue weighted by Gasteiger charge is -2.18. The maximum absolute atomic E-state index is 13.2. The van der Waals surface area contributed by atoms with Crippen molar-refractivity contribution in [2.75, 3.05) is 10.0 Å². The Morgan fingerprint density at radius 2 is 1.31 bits per heavy atom. The molecule has 0 fully saturated rings. The summed E-state index contributed by atoms with van der Waals surface area (Å²) < 4.78 is 27.7. The Bertz CT molecular complexity index is 1400. The van der Waals surface area contributed by atoms with E-state index in [1.807, 2.05) is 30.3 Å². The number of benzene rings is 4. The molecule has 0 aliphatic heterocycles. The molecule has 2 N–H and O–H groups in total. The van der Waals surface area contributed by atoms with E-state index < -0.39 is 15.3 Å². The second-order valence-electron chi connectivity index (χ2n) is 7.50. The van der Waals surface area contributed by atoms with E-state index in [1.54, 1.807) is 60.7 Å². The van der Waals surface area contributed by atoms with E-state index in [4.69, 9.17) is 23.2 Å². The molecule has 0 aromatic heterocycles. The van der Waals surface area contributed by atoms with Crippen LogP contribution in [-0.4, -0.2) is 14.3 Å². The molecule has 9 heteroatoms. The molecule has 35 heavy (non-hydrogen) atoms. The molecular weight excluding hydrogens is 523 g/mol. The van der Waals surface area contributed by atoms with Crippen LogP contribution in [0, 0.1) is 0 Å². The lowest BCUT2D eigenvalue weighted by atomic mass is 10.1. The lowest BCUT2D eigenvalue weighted by Crippen LogP contribution is -2.19. The fourth-order valence-electron chi connectivity index (χ4n) is 3.29. The molecule has 4 aromatic rings. The van der Waals surface area contributed by atoms with Crippen molar-refractivity contribution >= 4 is 62.3 Å². The van der Waals surface area contributed by atoms with Crippen LogP contribution in [0.5, 0.6) is 0 Å². The first-order chi connectivity index (χ1) is 16.8. The molecule has 0 heterocycles. The maximum atomic E-state index is 13.2. The Balaban J connectivity index is 1.53. The predicted octanol–water partition coefficient (Wildman–Crippen LogP) is 7.27. The summed E-state index contributed by atoms with van der Waals surface area (Å²) in [6.07, 6.45) is 0. The summed E-state index contributed by atoms with van der Waals surface area (Å²) in [5.74, 6) is -0.242. The second kappa shape index (κ2) is 11.2. The molecular formula is C26H20Cl2N2O3S2. The molecule has 1 amide bonds. The van der Waals surface area contributed by atoms with Crippen molar-refractivity contribution in [2.24, 2.45) is 0 Å². The normalized spacial score (nSPS) is 12.1. The topological polar surface area (TPSA) is 75.3 Å². The van der Waals surface area contributed by atoms with Crippen molar-refractivity contribution in [3.05, 3.63) is 119 Å². The fraction of sp³-hybridized carbons (Fsp3) is 0.0385. The van der Waals surface area contributed by atoms with E-state index in [-0.39, 0.29) is 10.8 Å². The summed E-state index contributed by atoms with van der Waals surface area (Å²) in [6, 6.07) is 29.3. The van der Waals surface area contributed by atoms with Gasteiger partial charge in [-0.25, -0.2) is 8.42 Å². The SMILES string of the molecule is O=C(Nc1cc(Cl)cc(Cl)c1)C(Sc1ccc(NS(=O)(=O)c2ccccc2)cc1)c1ccccc1. The van der Waals surface area contributed by atoms with Gasteiger partial charge in [0.25, 0.3) is 10.0 Å². The number of carbonyl (C=O) groups excluding carboxylic acids is 1. The third-order valence-electron chi connectivity index (χ3n) is 4.88. The van der Waals surface area contributed by atoms with Crippen molar-refractivity contribution in [1.82, 2.24) is 0 Å². The van der Waals surface area contributed by atoms with Crippen molar-refractivity contribution in [3.63, 3.8) is 0 Å². The summed E-state index contributed by atoms with van der Waals surface area (Å²) >= 11 is 13.5. The summed E-state index contributed by atoms with van der Waals surface area (Å²) in [7, 11) is -3.69. The number of hydrogen-bond acceptors (Lipinski definition) is 4. The van der Waals surface area contributed by atoms with Gasteiger partial charge in [0.2, 0.25) is 5.91 Å². The molecule has 0 spiro atoms. The van der Waals surface area contributed by atoms with E-state index in [0.29, 0.717) is 21.4 Å². The molecule has 0 bridgehead atoms. The molecule has 178 valence electrons. The van der Waals surface area contributed by atoms with Crippen LogP contribution in [0.1, 0.15) is 10.8 Å². The van der Waals surface area contributed by atoms with Gasteiger partial charge in [-0.3, -0.25) is 9.52 Å². The molecule has 0 saturated heterocycles. The van der Waals surface area contributed by atoms with E-state index in [2.05, 4.69) is 10.0 Å². The first-order valence-corrected chi connectivity index (χ1v) is 13.6. The zero-order chi connectivity index (χ0) is 24.8. The van der Waals surface area contributed by atoms with Gasteiger partial charge in [0.05, 0.1) is 4.90 Å². The van der Waals surface area contributed by atoms with Gasteiger partial charge in [0, 0.05) is 26.3 Å².